The van der Waals surface area contributed by atoms with Crippen molar-refractivity contribution in [1.29, 1.82) is 0 Å². The van der Waals surface area contributed by atoms with Crippen LogP contribution in [0, 0.1) is 0 Å². The predicted octanol–water partition coefficient (Wildman–Crippen LogP) is 4.78. The molecule has 172 valence electrons. The fourth-order valence-corrected chi connectivity index (χ4v) is 3.86. The molecule has 0 unspecified atom stereocenters. The van der Waals surface area contributed by atoms with Gasteiger partial charge in [0.25, 0.3) is 0 Å². The van der Waals surface area contributed by atoms with Crippen LogP contribution >= 0.6 is 0 Å². The smallest absolute Gasteiger partial charge is 0.360 e. The first-order valence-electron chi connectivity index (χ1n) is 10.9. The van der Waals surface area contributed by atoms with E-state index in [1.807, 2.05) is 79.7 Å². The number of allylic oxidation sites excluding steroid dienone is 1. The summed E-state index contributed by atoms with van der Waals surface area (Å²) in [5.41, 5.74) is 10.9. The number of ether oxygens (including phenoxy) is 2. The van der Waals surface area contributed by atoms with Crippen molar-refractivity contribution >= 4 is 23.3 Å². The second-order valence-corrected chi connectivity index (χ2v) is 7.62. The minimum Gasteiger partial charge on any atom is -0.484 e. The highest BCUT2D eigenvalue weighted by Gasteiger charge is 2.37. The van der Waals surface area contributed by atoms with E-state index < -0.39 is 5.97 Å². The first kappa shape index (κ1) is 22.8. The summed E-state index contributed by atoms with van der Waals surface area (Å²) in [6.07, 6.45) is 3.58. The molecule has 1 aromatic heterocycles. The third kappa shape index (κ3) is 4.41. The summed E-state index contributed by atoms with van der Waals surface area (Å²) in [6.45, 7) is 3.77. The number of methoxy groups -OCH3 is 1. The number of fused-ring (bicyclic) bond motifs is 1. The molecule has 1 aliphatic heterocycles. The van der Waals surface area contributed by atoms with Gasteiger partial charge >= 0.3 is 5.97 Å². The normalized spacial score (nSPS) is 14.7. The number of hydrogen-bond acceptors (Lipinski definition) is 6. The zero-order valence-corrected chi connectivity index (χ0v) is 19.4. The lowest BCUT2D eigenvalue weighted by Gasteiger charge is -2.32. The van der Waals surface area contributed by atoms with Crippen LogP contribution in [-0.2, 0) is 20.9 Å². The second kappa shape index (κ2) is 10.0. The Balaban J connectivity index is 1.99. The second-order valence-electron chi connectivity index (χ2n) is 7.62. The highest BCUT2D eigenvalue weighted by Crippen LogP contribution is 2.43. The molecular formula is C27H26N4O3. The average molecular weight is 455 g/mol. The number of hydrogen-bond donors (Lipinski definition) is 1. The van der Waals surface area contributed by atoms with Gasteiger partial charge in [-0.25, -0.2) is 9.80 Å². The number of rotatable bonds is 6. The standard InChI is InChI=1S/C27H26N4O3/c1-4-22-23-21(20-13-9-6-10-14-20)15-16-29-24(23)26(34-17-19-11-7-5-8-12-19)25(27(32)33-3)31(22)30-18(2)28/h4-16H,17H2,1-3H3,(H2,28,30). The van der Waals surface area contributed by atoms with Gasteiger partial charge in [-0.3, -0.25) is 4.98 Å². The Kier molecular flexibility index (Phi) is 6.73. The van der Waals surface area contributed by atoms with Crippen LogP contribution in [0.5, 0.6) is 0 Å². The number of aromatic nitrogens is 1. The van der Waals surface area contributed by atoms with Gasteiger partial charge in [0.2, 0.25) is 0 Å². The molecule has 0 fully saturated rings. The zero-order chi connectivity index (χ0) is 24.1. The highest BCUT2D eigenvalue weighted by molar-refractivity contribution is 6.03. The number of esters is 1. The number of carbonyl (C=O) groups excluding carboxylic acids is 1. The van der Waals surface area contributed by atoms with Gasteiger partial charge < -0.3 is 15.2 Å². The lowest BCUT2D eigenvalue weighted by molar-refractivity contribution is -0.137. The Hall–Kier alpha value is -4.39. The Bertz CT molecular complexity index is 1280. The van der Waals surface area contributed by atoms with E-state index in [9.17, 15) is 4.79 Å². The van der Waals surface area contributed by atoms with E-state index in [-0.39, 0.29) is 23.9 Å². The van der Waals surface area contributed by atoms with Gasteiger partial charge in [0.15, 0.2) is 11.5 Å². The monoisotopic (exact) mass is 454 g/mol. The fourth-order valence-electron chi connectivity index (χ4n) is 3.86. The summed E-state index contributed by atoms with van der Waals surface area (Å²) in [7, 11) is 1.32. The van der Waals surface area contributed by atoms with E-state index in [4.69, 9.17) is 15.2 Å². The molecule has 0 bridgehead atoms. The summed E-state index contributed by atoms with van der Waals surface area (Å²) in [6, 6.07) is 21.6. The summed E-state index contributed by atoms with van der Waals surface area (Å²) < 4.78 is 11.4. The molecule has 0 saturated heterocycles. The maximum absolute atomic E-state index is 13.0. The van der Waals surface area contributed by atoms with Crippen molar-refractivity contribution < 1.29 is 14.3 Å². The number of carbonyl (C=O) groups is 1. The minimum atomic E-state index is -0.607. The van der Waals surface area contributed by atoms with Gasteiger partial charge in [0.05, 0.1) is 12.8 Å². The van der Waals surface area contributed by atoms with Crippen LogP contribution in [0.25, 0.3) is 22.6 Å². The molecule has 4 rings (SSSR count). The van der Waals surface area contributed by atoms with Gasteiger partial charge in [0, 0.05) is 11.8 Å². The highest BCUT2D eigenvalue weighted by atomic mass is 16.5. The molecule has 2 N–H and O–H groups in total. The summed E-state index contributed by atoms with van der Waals surface area (Å²) in [4.78, 5) is 17.7. The van der Waals surface area contributed by atoms with E-state index in [2.05, 4.69) is 10.1 Å². The minimum absolute atomic E-state index is 0.113. The molecule has 0 radical (unpaired) electrons. The molecule has 2 aromatic carbocycles. The van der Waals surface area contributed by atoms with Crippen molar-refractivity contribution in [2.45, 2.75) is 20.5 Å². The molecule has 7 nitrogen and oxygen atoms in total. The van der Waals surface area contributed by atoms with Gasteiger partial charge in [-0.05, 0) is 36.6 Å². The largest absolute Gasteiger partial charge is 0.484 e. The third-order valence-corrected chi connectivity index (χ3v) is 5.30. The van der Waals surface area contributed by atoms with E-state index in [0.29, 0.717) is 11.4 Å². The van der Waals surface area contributed by atoms with Crippen LogP contribution in [-0.4, -0.2) is 28.9 Å². The van der Waals surface area contributed by atoms with Gasteiger partial charge in [0.1, 0.15) is 18.1 Å². The molecule has 34 heavy (non-hydrogen) atoms. The van der Waals surface area contributed by atoms with Crippen LogP contribution in [0.1, 0.15) is 30.7 Å². The van der Waals surface area contributed by atoms with Crippen LogP contribution in [0.15, 0.2) is 89.8 Å². The van der Waals surface area contributed by atoms with Crippen molar-refractivity contribution in [2.75, 3.05) is 7.11 Å². The van der Waals surface area contributed by atoms with Crippen molar-refractivity contribution in [1.82, 2.24) is 9.99 Å². The Morgan fingerprint density at radius 2 is 1.76 bits per heavy atom. The lowest BCUT2D eigenvalue weighted by Crippen LogP contribution is -2.31. The molecule has 0 amide bonds. The first-order chi connectivity index (χ1) is 16.5. The molecule has 1 aliphatic rings. The topological polar surface area (TPSA) is 90.0 Å². The molecular weight excluding hydrogens is 428 g/mol. The SMILES string of the molecule is CC=C1c2c(-c3ccccc3)ccnc2C(OCc2ccccc2)=C(C(=O)OC)N1/N=C(\C)N. The van der Waals surface area contributed by atoms with E-state index >= 15 is 0 Å². The lowest BCUT2D eigenvalue weighted by atomic mass is 9.92. The molecule has 0 saturated carbocycles. The molecule has 0 aliphatic carbocycles. The third-order valence-electron chi connectivity index (χ3n) is 5.30. The van der Waals surface area contributed by atoms with Gasteiger partial charge in [-0.2, -0.15) is 5.10 Å². The molecule has 0 spiro atoms. The van der Waals surface area contributed by atoms with E-state index in [0.717, 1.165) is 22.3 Å². The number of amidine groups is 1. The quantitative estimate of drug-likeness (QED) is 0.328. The van der Waals surface area contributed by atoms with Crippen molar-refractivity contribution in [3.8, 4) is 11.1 Å². The van der Waals surface area contributed by atoms with Crippen LogP contribution in [0.2, 0.25) is 0 Å². The molecule has 7 heteroatoms. The molecule has 0 atom stereocenters. The number of hydrazone groups is 1. The van der Waals surface area contributed by atoms with Gasteiger partial charge in [-0.1, -0.05) is 66.7 Å². The number of nitrogens with zero attached hydrogens (tertiary/aromatic N) is 3. The number of nitrogens with two attached hydrogens (primary N) is 1. The Morgan fingerprint density at radius 1 is 1.09 bits per heavy atom. The van der Waals surface area contributed by atoms with Crippen molar-refractivity contribution in [3.05, 3.63) is 102 Å². The molecule has 2 heterocycles. The number of benzene rings is 2. The van der Waals surface area contributed by atoms with Crippen LogP contribution in [0.3, 0.4) is 0 Å². The van der Waals surface area contributed by atoms with E-state index in [1.54, 1.807) is 13.1 Å². The van der Waals surface area contributed by atoms with Crippen molar-refractivity contribution in [3.63, 3.8) is 0 Å². The van der Waals surface area contributed by atoms with Crippen LogP contribution < -0.4 is 5.73 Å². The number of pyridine rings is 1. The molecule has 3 aromatic rings. The summed E-state index contributed by atoms with van der Waals surface area (Å²) in [5.74, 6) is -0.0548. The average Bonchev–Trinajstić information content (AvgIpc) is 2.87. The van der Waals surface area contributed by atoms with Crippen LogP contribution in [0.4, 0.5) is 0 Å². The fraction of sp³-hybridized carbons (Fsp3) is 0.148. The first-order valence-corrected chi connectivity index (χ1v) is 10.9. The van der Waals surface area contributed by atoms with Crippen molar-refractivity contribution in [2.24, 2.45) is 10.8 Å². The maximum atomic E-state index is 13.0. The maximum Gasteiger partial charge on any atom is 0.360 e. The summed E-state index contributed by atoms with van der Waals surface area (Å²) >= 11 is 0. The zero-order valence-electron chi connectivity index (χ0n) is 19.4. The Labute approximate surface area is 198 Å². The van der Waals surface area contributed by atoms with Gasteiger partial charge in [-0.15, -0.1) is 0 Å². The predicted molar refractivity (Wildman–Crippen MR) is 133 cm³/mol. The Morgan fingerprint density at radius 3 is 2.38 bits per heavy atom. The summed E-state index contributed by atoms with van der Waals surface area (Å²) in [5, 5.41) is 5.96. The van der Waals surface area contributed by atoms with E-state index in [1.165, 1.54) is 12.1 Å².